The number of ether oxygens (including phenoxy) is 1. The molecule has 0 aliphatic carbocycles. The molecule has 0 spiro atoms. The standard InChI is InChI=1S/C15H12Cl2FNO2/c1-21-14-11(16)6-10(7-12(14)17)15(20)19-8-9-4-2-3-5-13(9)18/h2-7H,8H2,1H3,(H,19,20). The molecule has 2 rings (SSSR count). The highest BCUT2D eigenvalue weighted by molar-refractivity contribution is 6.37. The van der Waals surface area contributed by atoms with E-state index < -0.39 is 5.91 Å². The summed E-state index contributed by atoms with van der Waals surface area (Å²) in [5.74, 6) is -0.461. The van der Waals surface area contributed by atoms with Crippen molar-refractivity contribution in [1.82, 2.24) is 5.32 Å². The van der Waals surface area contributed by atoms with E-state index in [0.717, 1.165) is 0 Å². The maximum atomic E-state index is 13.5. The second-order valence-electron chi connectivity index (χ2n) is 4.25. The first-order valence-corrected chi connectivity index (χ1v) is 6.83. The quantitative estimate of drug-likeness (QED) is 0.919. The largest absolute Gasteiger partial charge is 0.494 e. The number of carbonyl (C=O) groups is 1. The monoisotopic (exact) mass is 327 g/mol. The molecule has 0 radical (unpaired) electrons. The van der Waals surface area contributed by atoms with E-state index in [0.29, 0.717) is 11.3 Å². The van der Waals surface area contributed by atoms with Crippen molar-refractivity contribution < 1.29 is 13.9 Å². The minimum atomic E-state index is -0.398. The van der Waals surface area contributed by atoms with E-state index >= 15 is 0 Å². The second kappa shape index (κ2) is 6.78. The van der Waals surface area contributed by atoms with Crippen molar-refractivity contribution in [1.29, 1.82) is 0 Å². The van der Waals surface area contributed by atoms with E-state index in [4.69, 9.17) is 27.9 Å². The van der Waals surface area contributed by atoms with Crippen molar-refractivity contribution in [2.45, 2.75) is 6.54 Å². The van der Waals surface area contributed by atoms with E-state index in [-0.39, 0.29) is 28.0 Å². The van der Waals surface area contributed by atoms with E-state index in [1.165, 1.54) is 25.3 Å². The maximum absolute atomic E-state index is 13.5. The van der Waals surface area contributed by atoms with Gasteiger partial charge in [0.1, 0.15) is 5.82 Å². The number of rotatable bonds is 4. The average molecular weight is 328 g/mol. The van der Waals surface area contributed by atoms with Gasteiger partial charge in [-0.2, -0.15) is 0 Å². The number of methoxy groups -OCH3 is 1. The van der Waals surface area contributed by atoms with Crippen LogP contribution < -0.4 is 10.1 Å². The average Bonchev–Trinajstić information content (AvgIpc) is 2.45. The Labute approximate surface area is 131 Å². The predicted molar refractivity (Wildman–Crippen MR) is 80.6 cm³/mol. The van der Waals surface area contributed by atoms with E-state index in [1.807, 2.05) is 0 Å². The fourth-order valence-corrected chi connectivity index (χ4v) is 2.45. The van der Waals surface area contributed by atoms with Gasteiger partial charge in [-0.1, -0.05) is 41.4 Å². The van der Waals surface area contributed by atoms with Crippen LogP contribution in [0, 0.1) is 5.82 Å². The molecule has 2 aromatic carbocycles. The van der Waals surface area contributed by atoms with Gasteiger partial charge in [-0.05, 0) is 18.2 Å². The van der Waals surface area contributed by atoms with Crippen LogP contribution in [0.3, 0.4) is 0 Å². The van der Waals surface area contributed by atoms with Gasteiger partial charge in [0.05, 0.1) is 17.2 Å². The summed E-state index contributed by atoms with van der Waals surface area (Å²) in [6.07, 6.45) is 0. The van der Waals surface area contributed by atoms with Crippen molar-refractivity contribution in [2.24, 2.45) is 0 Å². The Morgan fingerprint density at radius 1 is 1.24 bits per heavy atom. The summed E-state index contributed by atoms with van der Waals surface area (Å²) in [6, 6.07) is 9.12. The van der Waals surface area contributed by atoms with Crippen LogP contribution in [0.5, 0.6) is 5.75 Å². The lowest BCUT2D eigenvalue weighted by molar-refractivity contribution is 0.0950. The minimum Gasteiger partial charge on any atom is -0.494 e. The molecule has 6 heteroatoms. The molecule has 0 unspecified atom stereocenters. The molecule has 0 aliphatic heterocycles. The van der Waals surface area contributed by atoms with Gasteiger partial charge in [0.2, 0.25) is 0 Å². The molecule has 0 bridgehead atoms. The Balaban J connectivity index is 2.13. The van der Waals surface area contributed by atoms with E-state index in [1.54, 1.807) is 18.2 Å². The third-order valence-electron chi connectivity index (χ3n) is 2.86. The molecule has 0 fully saturated rings. The number of hydrogen-bond donors (Lipinski definition) is 1. The minimum absolute atomic E-state index is 0.0762. The van der Waals surface area contributed by atoms with Crippen molar-refractivity contribution in [3.63, 3.8) is 0 Å². The third-order valence-corrected chi connectivity index (χ3v) is 3.42. The van der Waals surface area contributed by atoms with Gasteiger partial charge < -0.3 is 10.1 Å². The molecule has 1 N–H and O–H groups in total. The van der Waals surface area contributed by atoms with Gasteiger partial charge in [-0.3, -0.25) is 4.79 Å². The highest BCUT2D eigenvalue weighted by Crippen LogP contribution is 2.33. The first-order valence-electron chi connectivity index (χ1n) is 6.07. The van der Waals surface area contributed by atoms with Crippen molar-refractivity contribution in [3.8, 4) is 5.75 Å². The number of carbonyl (C=O) groups excluding carboxylic acids is 1. The van der Waals surface area contributed by atoms with Crippen LogP contribution in [-0.2, 0) is 6.54 Å². The Morgan fingerprint density at radius 3 is 2.43 bits per heavy atom. The zero-order chi connectivity index (χ0) is 15.4. The third kappa shape index (κ3) is 3.65. The normalized spacial score (nSPS) is 10.3. The summed E-state index contributed by atoms with van der Waals surface area (Å²) in [5, 5.41) is 3.09. The topological polar surface area (TPSA) is 38.3 Å². The Kier molecular flexibility index (Phi) is 5.04. The van der Waals surface area contributed by atoms with Gasteiger partial charge in [0.25, 0.3) is 5.91 Å². The number of amides is 1. The molecule has 0 saturated carbocycles. The van der Waals surface area contributed by atoms with Crippen molar-refractivity contribution >= 4 is 29.1 Å². The molecule has 1 amide bonds. The molecule has 2 aromatic rings. The van der Waals surface area contributed by atoms with E-state index in [9.17, 15) is 9.18 Å². The zero-order valence-corrected chi connectivity index (χ0v) is 12.6. The lowest BCUT2D eigenvalue weighted by atomic mass is 10.1. The van der Waals surface area contributed by atoms with Gasteiger partial charge in [-0.25, -0.2) is 4.39 Å². The molecule has 0 heterocycles. The van der Waals surface area contributed by atoms with Crippen LogP contribution in [0.1, 0.15) is 15.9 Å². The molecule has 0 aliphatic rings. The van der Waals surface area contributed by atoms with Crippen LogP contribution in [0.2, 0.25) is 10.0 Å². The summed E-state index contributed by atoms with van der Waals surface area (Å²) in [5.41, 5.74) is 0.679. The molecular formula is C15H12Cl2FNO2. The van der Waals surface area contributed by atoms with Gasteiger partial charge in [-0.15, -0.1) is 0 Å². The van der Waals surface area contributed by atoms with Crippen LogP contribution in [0.15, 0.2) is 36.4 Å². The smallest absolute Gasteiger partial charge is 0.251 e. The highest BCUT2D eigenvalue weighted by atomic mass is 35.5. The van der Waals surface area contributed by atoms with Gasteiger partial charge in [0.15, 0.2) is 5.75 Å². The lowest BCUT2D eigenvalue weighted by Gasteiger charge is -2.10. The molecule has 110 valence electrons. The first kappa shape index (κ1) is 15.6. The van der Waals surface area contributed by atoms with Gasteiger partial charge >= 0.3 is 0 Å². The molecule has 0 atom stereocenters. The van der Waals surface area contributed by atoms with Crippen LogP contribution in [0.4, 0.5) is 4.39 Å². The Hall–Kier alpha value is -1.78. The molecule has 0 aromatic heterocycles. The number of nitrogens with one attached hydrogen (secondary N) is 1. The van der Waals surface area contributed by atoms with Crippen molar-refractivity contribution in [2.75, 3.05) is 7.11 Å². The maximum Gasteiger partial charge on any atom is 0.251 e. The van der Waals surface area contributed by atoms with Crippen molar-refractivity contribution in [3.05, 3.63) is 63.4 Å². The van der Waals surface area contributed by atoms with E-state index in [2.05, 4.69) is 5.32 Å². The summed E-state index contributed by atoms with van der Waals surface area (Å²) in [6.45, 7) is 0.0762. The predicted octanol–water partition coefficient (Wildman–Crippen LogP) is 4.07. The number of hydrogen-bond acceptors (Lipinski definition) is 2. The molecule has 0 saturated heterocycles. The Morgan fingerprint density at radius 2 is 1.86 bits per heavy atom. The highest BCUT2D eigenvalue weighted by Gasteiger charge is 2.13. The molecular weight excluding hydrogens is 316 g/mol. The summed E-state index contributed by atoms with van der Waals surface area (Å²) < 4.78 is 18.5. The SMILES string of the molecule is COc1c(Cl)cc(C(=O)NCc2ccccc2F)cc1Cl. The summed E-state index contributed by atoms with van der Waals surface area (Å²) in [7, 11) is 1.44. The van der Waals surface area contributed by atoms with Crippen LogP contribution in [0.25, 0.3) is 0 Å². The second-order valence-corrected chi connectivity index (χ2v) is 5.06. The fourth-order valence-electron chi connectivity index (χ4n) is 1.81. The van der Waals surface area contributed by atoms with Gasteiger partial charge in [0, 0.05) is 17.7 Å². The van der Waals surface area contributed by atoms with Crippen LogP contribution in [-0.4, -0.2) is 13.0 Å². The fraction of sp³-hybridized carbons (Fsp3) is 0.133. The number of halogens is 3. The molecule has 21 heavy (non-hydrogen) atoms. The first-order chi connectivity index (χ1) is 10.0. The Bertz CT molecular complexity index is 653. The van der Waals surface area contributed by atoms with Crippen LogP contribution >= 0.6 is 23.2 Å². The zero-order valence-electron chi connectivity index (χ0n) is 11.1. The summed E-state index contributed by atoms with van der Waals surface area (Å²) >= 11 is 11.9. The number of benzene rings is 2. The molecule has 3 nitrogen and oxygen atoms in total. The lowest BCUT2D eigenvalue weighted by Crippen LogP contribution is -2.23. The summed E-state index contributed by atoms with van der Waals surface area (Å²) in [4.78, 5) is 12.0.